The normalized spacial score (nSPS) is 13.4. The maximum absolute atomic E-state index is 3.58. The standard InChI is InChI=1S/C18H25NS/c1-5-18(3,4)16-9-7-14(8-10-16)17(19-6-2)15-11-12-20-13-15/h7-13,17,19H,5-6H2,1-4H3. The zero-order valence-electron chi connectivity index (χ0n) is 12.9. The summed E-state index contributed by atoms with van der Waals surface area (Å²) in [7, 11) is 0. The van der Waals surface area contributed by atoms with Gasteiger partial charge in [-0.2, -0.15) is 11.3 Å². The van der Waals surface area contributed by atoms with Crippen LogP contribution < -0.4 is 5.32 Å². The van der Waals surface area contributed by atoms with Gasteiger partial charge in [-0.1, -0.05) is 52.0 Å². The van der Waals surface area contributed by atoms with E-state index in [1.807, 2.05) is 0 Å². The molecule has 1 atom stereocenters. The summed E-state index contributed by atoms with van der Waals surface area (Å²) in [5, 5.41) is 7.96. The Hall–Kier alpha value is -1.12. The highest BCUT2D eigenvalue weighted by atomic mass is 32.1. The van der Waals surface area contributed by atoms with Gasteiger partial charge >= 0.3 is 0 Å². The van der Waals surface area contributed by atoms with E-state index in [9.17, 15) is 0 Å². The average Bonchev–Trinajstić information content (AvgIpc) is 2.99. The highest BCUT2D eigenvalue weighted by molar-refractivity contribution is 7.08. The SMILES string of the molecule is CCNC(c1ccc(C(C)(C)CC)cc1)c1ccsc1. The van der Waals surface area contributed by atoms with Gasteiger partial charge in [-0.15, -0.1) is 0 Å². The Morgan fingerprint density at radius 1 is 1.05 bits per heavy atom. The summed E-state index contributed by atoms with van der Waals surface area (Å²) in [4.78, 5) is 0. The Morgan fingerprint density at radius 3 is 2.25 bits per heavy atom. The summed E-state index contributed by atoms with van der Waals surface area (Å²) < 4.78 is 0. The second-order valence-electron chi connectivity index (χ2n) is 5.91. The van der Waals surface area contributed by atoms with Crippen molar-refractivity contribution in [3.05, 3.63) is 57.8 Å². The quantitative estimate of drug-likeness (QED) is 0.776. The van der Waals surface area contributed by atoms with E-state index in [1.165, 1.54) is 16.7 Å². The molecule has 1 N–H and O–H groups in total. The first-order valence-corrected chi connectivity index (χ1v) is 8.38. The molecule has 0 aliphatic heterocycles. The van der Waals surface area contributed by atoms with E-state index in [2.05, 4.69) is 74.1 Å². The lowest BCUT2D eigenvalue weighted by atomic mass is 9.81. The van der Waals surface area contributed by atoms with Crippen molar-refractivity contribution in [2.24, 2.45) is 0 Å². The summed E-state index contributed by atoms with van der Waals surface area (Å²) in [5.74, 6) is 0. The van der Waals surface area contributed by atoms with E-state index in [1.54, 1.807) is 11.3 Å². The van der Waals surface area contributed by atoms with Crippen molar-refractivity contribution in [1.82, 2.24) is 5.32 Å². The molecule has 0 bridgehead atoms. The van der Waals surface area contributed by atoms with E-state index in [0.717, 1.165) is 13.0 Å². The van der Waals surface area contributed by atoms with Crippen LogP contribution in [0, 0.1) is 0 Å². The van der Waals surface area contributed by atoms with Crippen molar-refractivity contribution in [2.75, 3.05) is 6.54 Å². The minimum Gasteiger partial charge on any atom is -0.307 e. The second kappa shape index (κ2) is 6.55. The van der Waals surface area contributed by atoms with Crippen molar-refractivity contribution in [3.8, 4) is 0 Å². The summed E-state index contributed by atoms with van der Waals surface area (Å²) in [6.07, 6.45) is 1.16. The first kappa shape index (κ1) is 15.3. The Bertz CT molecular complexity index is 511. The number of benzene rings is 1. The van der Waals surface area contributed by atoms with Gasteiger partial charge in [0.15, 0.2) is 0 Å². The fraction of sp³-hybridized carbons (Fsp3) is 0.444. The van der Waals surface area contributed by atoms with Gasteiger partial charge in [0.25, 0.3) is 0 Å². The van der Waals surface area contributed by atoms with Crippen LogP contribution in [0.5, 0.6) is 0 Å². The summed E-state index contributed by atoms with van der Waals surface area (Å²) >= 11 is 1.76. The molecule has 20 heavy (non-hydrogen) atoms. The molecule has 1 unspecified atom stereocenters. The molecular weight excluding hydrogens is 262 g/mol. The van der Waals surface area contributed by atoms with Crippen molar-refractivity contribution in [1.29, 1.82) is 0 Å². The molecule has 0 aliphatic rings. The minimum absolute atomic E-state index is 0.259. The molecular formula is C18H25NS. The minimum atomic E-state index is 0.259. The van der Waals surface area contributed by atoms with E-state index in [0.29, 0.717) is 6.04 Å². The van der Waals surface area contributed by atoms with Crippen LogP contribution in [0.3, 0.4) is 0 Å². The van der Waals surface area contributed by atoms with Gasteiger partial charge < -0.3 is 5.32 Å². The Morgan fingerprint density at radius 2 is 1.75 bits per heavy atom. The molecule has 2 aromatic rings. The number of hydrogen-bond donors (Lipinski definition) is 1. The maximum Gasteiger partial charge on any atom is 0.0584 e. The molecule has 0 aliphatic carbocycles. The lowest BCUT2D eigenvalue weighted by Crippen LogP contribution is -2.22. The Labute approximate surface area is 127 Å². The summed E-state index contributed by atoms with van der Waals surface area (Å²) in [6.45, 7) is 10.0. The number of rotatable bonds is 6. The molecule has 1 aromatic carbocycles. The third kappa shape index (κ3) is 3.31. The predicted molar refractivity (Wildman–Crippen MR) is 89.6 cm³/mol. The Balaban J connectivity index is 2.27. The molecule has 0 saturated heterocycles. The third-order valence-corrected chi connectivity index (χ3v) is 4.90. The van der Waals surface area contributed by atoms with E-state index >= 15 is 0 Å². The number of nitrogens with one attached hydrogen (secondary N) is 1. The second-order valence-corrected chi connectivity index (χ2v) is 6.69. The molecule has 108 valence electrons. The van der Waals surface area contributed by atoms with Crippen LogP contribution in [-0.2, 0) is 5.41 Å². The fourth-order valence-corrected chi connectivity index (χ4v) is 3.09. The molecule has 0 spiro atoms. The van der Waals surface area contributed by atoms with Crippen LogP contribution in [0.4, 0.5) is 0 Å². The highest BCUT2D eigenvalue weighted by Gasteiger charge is 2.19. The maximum atomic E-state index is 3.58. The highest BCUT2D eigenvalue weighted by Crippen LogP contribution is 2.29. The van der Waals surface area contributed by atoms with Gasteiger partial charge in [0.2, 0.25) is 0 Å². The van der Waals surface area contributed by atoms with E-state index in [4.69, 9.17) is 0 Å². The summed E-state index contributed by atoms with van der Waals surface area (Å²) in [5.41, 5.74) is 4.39. The number of thiophene rings is 1. The lowest BCUT2D eigenvalue weighted by Gasteiger charge is -2.24. The van der Waals surface area contributed by atoms with Crippen LogP contribution in [0.25, 0.3) is 0 Å². The van der Waals surface area contributed by atoms with E-state index < -0.39 is 0 Å². The monoisotopic (exact) mass is 287 g/mol. The van der Waals surface area contributed by atoms with Crippen LogP contribution in [0.15, 0.2) is 41.1 Å². The van der Waals surface area contributed by atoms with Crippen LogP contribution in [0.1, 0.15) is 56.8 Å². The molecule has 2 rings (SSSR count). The van der Waals surface area contributed by atoms with Crippen LogP contribution in [-0.4, -0.2) is 6.54 Å². The van der Waals surface area contributed by atoms with Gasteiger partial charge in [0.1, 0.15) is 0 Å². The first-order chi connectivity index (χ1) is 9.58. The van der Waals surface area contributed by atoms with Crippen LogP contribution >= 0.6 is 11.3 Å². The number of hydrogen-bond acceptors (Lipinski definition) is 2. The third-order valence-electron chi connectivity index (χ3n) is 4.19. The van der Waals surface area contributed by atoms with Crippen molar-refractivity contribution >= 4 is 11.3 Å². The molecule has 1 nitrogen and oxygen atoms in total. The van der Waals surface area contributed by atoms with Gasteiger partial charge in [-0.05, 0) is 51.9 Å². The Kier molecular flexibility index (Phi) is 5.00. The summed E-state index contributed by atoms with van der Waals surface area (Å²) in [6, 6.07) is 11.6. The molecule has 0 radical (unpaired) electrons. The van der Waals surface area contributed by atoms with Gasteiger partial charge in [-0.25, -0.2) is 0 Å². The van der Waals surface area contributed by atoms with Gasteiger partial charge in [0.05, 0.1) is 6.04 Å². The van der Waals surface area contributed by atoms with Crippen molar-refractivity contribution in [2.45, 2.75) is 45.6 Å². The molecule has 0 saturated carbocycles. The first-order valence-electron chi connectivity index (χ1n) is 7.44. The fourth-order valence-electron chi connectivity index (χ4n) is 2.40. The van der Waals surface area contributed by atoms with Crippen molar-refractivity contribution < 1.29 is 0 Å². The zero-order chi connectivity index (χ0) is 14.6. The molecule has 1 aromatic heterocycles. The lowest BCUT2D eigenvalue weighted by molar-refractivity contribution is 0.505. The molecule has 1 heterocycles. The van der Waals surface area contributed by atoms with Crippen LogP contribution in [0.2, 0.25) is 0 Å². The van der Waals surface area contributed by atoms with Crippen molar-refractivity contribution in [3.63, 3.8) is 0 Å². The van der Waals surface area contributed by atoms with Gasteiger partial charge in [-0.3, -0.25) is 0 Å². The predicted octanol–water partition coefficient (Wildman–Crippen LogP) is 5.13. The largest absolute Gasteiger partial charge is 0.307 e. The molecule has 0 amide bonds. The molecule has 0 fully saturated rings. The van der Waals surface area contributed by atoms with E-state index in [-0.39, 0.29) is 5.41 Å². The topological polar surface area (TPSA) is 12.0 Å². The van der Waals surface area contributed by atoms with Gasteiger partial charge in [0, 0.05) is 0 Å². The zero-order valence-corrected chi connectivity index (χ0v) is 13.8. The smallest absolute Gasteiger partial charge is 0.0584 e. The molecule has 2 heteroatoms. The average molecular weight is 287 g/mol.